The van der Waals surface area contributed by atoms with E-state index in [9.17, 15) is 10.1 Å². The Kier molecular flexibility index (Phi) is 3.81. The standard InChI is InChI=1S/C17H13N5O2S/c1-21-14-5-3-2-4-13(14)15-16(21)18-17(20-19-15)25-10-11-6-8-12(9-7-11)22(23)24/h2-9H,10H2,1H3. The van der Waals surface area contributed by atoms with Crippen LogP contribution in [0.25, 0.3) is 22.1 Å². The molecule has 0 saturated heterocycles. The molecule has 124 valence electrons. The summed E-state index contributed by atoms with van der Waals surface area (Å²) < 4.78 is 2.01. The predicted octanol–water partition coefficient (Wildman–Crippen LogP) is 3.72. The molecule has 4 aromatic rings. The van der Waals surface area contributed by atoms with Gasteiger partial charge in [0.2, 0.25) is 5.16 Å². The minimum Gasteiger partial charge on any atom is -0.327 e. The van der Waals surface area contributed by atoms with E-state index in [0.717, 1.165) is 27.6 Å². The average Bonchev–Trinajstić information content (AvgIpc) is 2.93. The topological polar surface area (TPSA) is 86.7 Å². The second-order valence-corrected chi connectivity index (χ2v) is 6.50. The lowest BCUT2D eigenvalue weighted by atomic mass is 10.2. The molecule has 0 aliphatic carbocycles. The molecule has 0 bridgehead atoms. The third-order valence-corrected chi connectivity index (χ3v) is 4.91. The van der Waals surface area contributed by atoms with Crippen LogP contribution in [0.15, 0.2) is 53.7 Å². The first kappa shape index (κ1) is 15.5. The van der Waals surface area contributed by atoms with Gasteiger partial charge in [0.1, 0.15) is 5.52 Å². The number of fused-ring (bicyclic) bond motifs is 3. The number of rotatable bonds is 4. The Labute approximate surface area is 146 Å². The van der Waals surface area contributed by atoms with Crippen molar-refractivity contribution in [1.29, 1.82) is 0 Å². The monoisotopic (exact) mass is 351 g/mol. The van der Waals surface area contributed by atoms with Gasteiger partial charge in [0.05, 0.1) is 10.4 Å². The first-order chi connectivity index (χ1) is 12.1. The molecule has 2 aromatic heterocycles. The molecule has 0 fully saturated rings. The van der Waals surface area contributed by atoms with E-state index < -0.39 is 4.92 Å². The van der Waals surface area contributed by atoms with Crippen molar-refractivity contribution in [2.75, 3.05) is 0 Å². The zero-order chi connectivity index (χ0) is 17.4. The molecule has 0 saturated carbocycles. The van der Waals surface area contributed by atoms with Crippen LogP contribution in [0.2, 0.25) is 0 Å². The van der Waals surface area contributed by atoms with Crippen LogP contribution in [0.3, 0.4) is 0 Å². The van der Waals surface area contributed by atoms with Crippen LogP contribution in [0.1, 0.15) is 5.56 Å². The number of non-ortho nitro benzene ring substituents is 1. The van der Waals surface area contributed by atoms with Crippen molar-refractivity contribution in [2.24, 2.45) is 7.05 Å². The Morgan fingerprint density at radius 1 is 1.12 bits per heavy atom. The second-order valence-electron chi connectivity index (χ2n) is 5.55. The first-order valence-electron chi connectivity index (χ1n) is 7.57. The van der Waals surface area contributed by atoms with Gasteiger partial charge in [-0.15, -0.1) is 10.2 Å². The third kappa shape index (κ3) is 2.80. The number of hydrogen-bond donors (Lipinski definition) is 0. The third-order valence-electron chi connectivity index (χ3n) is 4.00. The lowest BCUT2D eigenvalue weighted by molar-refractivity contribution is -0.384. The number of aromatic nitrogens is 4. The van der Waals surface area contributed by atoms with E-state index in [1.54, 1.807) is 12.1 Å². The highest BCUT2D eigenvalue weighted by Gasteiger charge is 2.12. The number of hydrogen-bond acceptors (Lipinski definition) is 6. The van der Waals surface area contributed by atoms with Crippen molar-refractivity contribution in [1.82, 2.24) is 19.7 Å². The van der Waals surface area contributed by atoms with Gasteiger partial charge in [-0.05, 0) is 11.6 Å². The molecule has 25 heavy (non-hydrogen) atoms. The number of benzene rings is 2. The van der Waals surface area contributed by atoms with E-state index in [1.165, 1.54) is 23.9 Å². The summed E-state index contributed by atoms with van der Waals surface area (Å²) in [6.07, 6.45) is 0. The van der Waals surface area contributed by atoms with Gasteiger partial charge in [-0.2, -0.15) is 0 Å². The summed E-state index contributed by atoms with van der Waals surface area (Å²) in [6, 6.07) is 14.5. The van der Waals surface area contributed by atoms with Crippen LogP contribution in [-0.4, -0.2) is 24.7 Å². The van der Waals surface area contributed by atoms with E-state index in [0.29, 0.717) is 10.9 Å². The predicted molar refractivity (Wildman–Crippen MR) is 96.5 cm³/mol. The van der Waals surface area contributed by atoms with Crippen LogP contribution in [0.5, 0.6) is 0 Å². The van der Waals surface area contributed by atoms with Gasteiger partial charge in [-0.1, -0.05) is 42.1 Å². The number of nitrogens with zero attached hydrogens (tertiary/aromatic N) is 5. The molecule has 0 radical (unpaired) electrons. The lowest BCUT2D eigenvalue weighted by Crippen LogP contribution is -1.96. The minimum atomic E-state index is -0.405. The van der Waals surface area contributed by atoms with Crippen molar-refractivity contribution < 1.29 is 4.92 Å². The molecule has 8 heteroatoms. The molecule has 0 spiro atoms. The minimum absolute atomic E-state index is 0.0867. The Morgan fingerprint density at radius 3 is 2.64 bits per heavy atom. The van der Waals surface area contributed by atoms with Crippen molar-refractivity contribution in [2.45, 2.75) is 10.9 Å². The van der Waals surface area contributed by atoms with E-state index in [1.807, 2.05) is 35.9 Å². The maximum absolute atomic E-state index is 10.7. The summed E-state index contributed by atoms with van der Waals surface area (Å²) in [6.45, 7) is 0. The summed E-state index contributed by atoms with van der Waals surface area (Å²) in [4.78, 5) is 14.9. The van der Waals surface area contributed by atoms with Crippen LogP contribution < -0.4 is 0 Å². The van der Waals surface area contributed by atoms with E-state index in [-0.39, 0.29) is 5.69 Å². The SMILES string of the molecule is Cn1c2ccccc2c2nnc(SCc3ccc([N+](=O)[O-])cc3)nc21. The molecular formula is C17H13N5O2S. The molecule has 0 aliphatic heterocycles. The van der Waals surface area contributed by atoms with Gasteiger partial charge < -0.3 is 4.57 Å². The Balaban J connectivity index is 1.60. The summed E-state index contributed by atoms with van der Waals surface area (Å²) >= 11 is 1.45. The normalized spacial score (nSPS) is 11.2. The van der Waals surface area contributed by atoms with E-state index in [2.05, 4.69) is 15.2 Å². The second kappa shape index (κ2) is 6.14. The van der Waals surface area contributed by atoms with Gasteiger partial charge in [0.15, 0.2) is 5.65 Å². The zero-order valence-corrected chi connectivity index (χ0v) is 14.1. The number of para-hydroxylation sites is 1. The molecule has 0 amide bonds. The first-order valence-corrected chi connectivity index (χ1v) is 8.56. The lowest BCUT2D eigenvalue weighted by Gasteiger charge is -2.01. The number of aryl methyl sites for hydroxylation is 1. The van der Waals surface area contributed by atoms with Crippen molar-refractivity contribution in [3.05, 3.63) is 64.2 Å². The highest BCUT2D eigenvalue weighted by atomic mass is 32.2. The highest BCUT2D eigenvalue weighted by molar-refractivity contribution is 7.98. The van der Waals surface area contributed by atoms with Gasteiger partial charge in [0, 0.05) is 30.3 Å². The fraction of sp³-hybridized carbons (Fsp3) is 0.118. The quantitative estimate of drug-likeness (QED) is 0.316. The highest BCUT2D eigenvalue weighted by Crippen LogP contribution is 2.27. The molecule has 0 aliphatic rings. The van der Waals surface area contributed by atoms with Crippen LogP contribution in [-0.2, 0) is 12.8 Å². The summed E-state index contributed by atoms with van der Waals surface area (Å²) in [5.74, 6) is 0.620. The molecule has 0 unspecified atom stereocenters. The summed E-state index contributed by atoms with van der Waals surface area (Å²) in [5.41, 5.74) is 3.71. The number of nitro benzene ring substituents is 1. The molecule has 4 rings (SSSR count). The Hall–Kier alpha value is -3.00. The van der Waals surface area contributed by atoms with Gasteiger partial charge in [0.25, 0.3) is 5.69 Å². The molecule has 2 heterocycles. The fourth-order valence-electron chi connectivity index (χ4n) is 2.71. The van der Waals surface area contributed by atoms with Crippen LogP contribution >= 0.6 is 11.8 Å². The molecular weight excluding hydrogens is 338 g/mol. The van der Waals surface area contributed by atoms with Gasteiger partial charge in [-0.25, -0.2) is 4.98 Å². The average molecular weight is 351 g/mol. The van der Waals surface area contributed by atoms with Crippen molar-refractivity contribution in [3.63, 3.8) is 0 Å². The van der Waals surface area contributed by atoms with Gasteiger partial charge >= 0.3 is 0 Å². The Bertz CT molecular complexity index is 1090. The zero-order valence-electron chi connectivity index (χ0n) is 13.3. The molecule has 0 atom stereocenters. The molecule has 0 N–H and O–H groups in total. The van der Waals surface area contributed by atoms with Crippen molar-refractivity contribution in [3.8, 4) is 0 Å². The maximum Gasteiger partial charge on any atom is 0.269 e. The van der Waals surface area contributed by atoms with Crippen molar-refractivity contribution >= 4 is 39.5 Å². The summed E-state index contributed by atoms with van der Waals surface area (Å²) in [7, 11) is 1.96. The smallest absolute Gasteiger partial charge is 0.269 e. The van der Waals surface area contributed by atoms with Crippen LogP contribution in [0, 0.1) is 10.1 Å². The number of nitro groups is 1. The molecule has 7 nitrogen and oxygen atoms in total. The largest absolute Gasteiger partial charge is 0.327 e. The number of thioether (sulfide) groups is 1. The van der Waals surface area contributed by atoms with E-state index >= 15 is 0 Å². The fourth-order valence-corrected chi connectivity index (χ4v) is 3.45. The van der Waals surface area contributed by atoms with Gasteiger partial charge in [-0.3, -0.25) is 10.1 Å². The van der Waals surface area contributed by atoms with E-state index in [4.69, 9.17) is 0 Å². The molecule has 2 aromatic carbocycles. The van der Waals surface area contributed by atoms with Crippen LogP contribution in [0.4, 0.5) is 5.69 Å². The summed E-state index contributed by atoms with van der Waals surface area (Å²) in [5, 5.41) is 20.9. The maximum atomic E-state index is 10.7. The Morgan fingerprint density at radius 2 is 1.88 bits per heavy atom.